The van der Waals surface area contributed by atoms with Gasteiger partial charge in [0.15, 0.2) is 0 Å². The zero-order valence-corrected chi connectivity index (χ0v) is 16.5. The van der Waals surface area contributed by atoms with E-state index >= 15 is 0 Å². The van der Waals surface area contributed by atoms with E-state index in [1.165, 1.54) is 0 Å². The standard InChI is InChI=1S/C23H22N4O/c1-15-21(11-25)22(19-7-5-17(10-24)6-8-19)16(2)27(15)14-18-9-20(13-26-12-18)23(3,4)28/h5-9,12-13,28H,14H2,1-4H3. The molecule has 2 aromatic heterocycles. The average Bonchev–Trinajstić information content (AvgIpc) is 2.91. The number of hydrogen-bond donors (Lipinski definition) is 1. The van der Waals surface area contributed by atoms with Crippen molar-refractivity contribution in [3.05, 3.63) is 76.4 Å². The van der Waals surface area contributed by atoms with Crippen LogP contribution in [0.15, 0.2) is 42.7 Å². The molecule has 0 aliphatic rings. The lowest BCUT2D eigenvalue weighted by Crippen LogP contribution is -2.16. The van der Waals surface area contributed by atoms with Gasteiger partial charge in [-0.2, -0.15) is 10.5 Å². The Hall–Kier alpha value is -3.41. The minimum Gasteiger partial charge on any atom is -0.386 e. The van der Waals surface area contributed by atoms with Gasteiger partial charge in [0.2, 0.25) is 0 Å². The molecule has 1 aromatic carbocycles. The summed E-state index contributed by atoms with van der Waals surface area (Å²) in [5, 5.41) is 29.0. The first-order valence-corrected chi connectivity index (χ1v) is 9.03. The van der Waals surface area contributed by atoms with Crippen LogP contribution in [0.25, 0.3) is 11.1 Å². The van der Waals surface area contributed by atoms with Crippen LogP contribution in [-0.2, 0) is 12.1 Å². The molecule has 0 atom stereocenters. The first-order valence-electron chi connectivity index (χ1n) is 9.03. The van der Waals surface area contributed by atoms with Crippen molar-refractivity contribution in [3.63, 3.8) is 0 Å². The number of nitriles is 2. The van der Waals surface area contributed by atoms with E-state index in [0.29, 0.717) is 17.7 Å². The van der Waals surface area contributed by atoms with Crippen LogP contribution < -0.4 is 0 Å². The largest absolute Gasteiger partial charge is 0.386 e. The van der Waals surface area contributed by atoms with Crippen LogP contribution in [0.1, 0.15) is 47.5 Å². The third kappa shape index (κ3) is 3.53. The summed E-state index contributed by atoms with van der Waals surface area (Å²) in [6.07, 6.45) is 3.45. The Labute approximate surface area is 165 Å². The molecule has 5 nitrogen and oxygen atoms in total. The van der Waals surface area contributed by atoms with Crippen LogP contribution in [0.5, 0.6) is 0 Å². The van der Waals surface area contributed by atoms with E-state index < -0.39 is 5.60 Å². The number of nitrogens with zero attached hydrogens (tertiary/aromatic N) is 4. The molecular weight excluding hydrogens is 348 g/mol. The molecule has 3 aromatic rings. The lowest BCUT2D eigenvalue weighted by atomic mass is 9.99. The van der Waals surface area contributed by atoms with Crippen molar-refractivity contribution in [2.45, 2.75) is 39.8 Å². The van der Waals surface area contributed by atoms with Crippen LogP contribution in [0.3, 0.4) is 0 Å². The van der Waals surface area contributed by atoms with Crippen LogP contribution in [0.4, 0.5) is 0 Å². The van der Waals surface area contributed by atoms with Gasteiger partial charge in [0.1, 0.15) is 6.07 Å². The van der Waals surface area contributed by atoms with Gasteiger partial charge in [0, 0.05) is 41.5 Å². The van der Waals surface area contributed by atoms with Gasteiger partial charge in [-0.3, -0.25) is 4.98 Å². The Kier molecular flexibility index (Phi) is 5.05. The van der Waals surface area contributed by atoms with E-state index in [4.69, 9.17) is 5.26 Å². The quantitative estimate of drug-likeness (QED) is 0.746. The second-order valence-electron chi connectivity index (χ2n) is 7.45. The molecule has 0 aliphatic carbocycles. The minimum atomic E-state index is -0.963. The molecule has 0 radical (unpaired) electrons. The highest BCUT2D eigenvalue weighted by atomic mass is 16.3. The molecule has 0 bridgehead atoms. The maximum Gasteiger partial charge on any atom is 0.102 e. The fourth-order valence-electron chi connectivity index (χ4n) is 3.41. The maximum absolute atomic E-state index is 10.3. The van der Waals surface area contributed by atoms with Crippen molar-refractivity contribution in [3.8, 4) is 23.3 Å². The molecular formula is C23H22N4O. The van der Waals surface area contributed by atoms with Crippen LogP contribution in [0, 0.1) is 36.5 Å². The molecule has 5 heteroatoms. The fraction of sp³-hybridized carbons (Fsp3) is 0.261. The second kappa shape index (κ2) is 7.31. The summed E-state index contributed by atoms with van der Waals surface area (Å²) in [5.74, 6) is 0. The lowest BCUT2D eigenvalue weighted by molar-refractivity contribution is 0.0781. The molecule has 140 valence electrons. The van der Waals surface area contributed by atoms with Gasteiger partial charge in [0.05, 0.1) is 22.8 Å². The monoisotopic (exact) mass is 370 g/mol. The zero-order valence-electron chi connectivity index (χ0n) is 16.5. The SMILES string of the molecule is Cc1c(C#N)c(-c2ccc(C#N)cc2)c(C)n1Cc1cncc(C(C)(C)O)c1. The van der Waals surface area contributed by atoms with Gasteiger partial charge in [0.25, 0.3) is 0 Å². The van der Waals surface area contributed by atoms with Crippen molar-refractivity contribution < 1.29 is 5.11 Å². The summed E-state index contributed by atoms with van der Waals surface area (Å²) < 4.78 is 2.09. The van der Waals surface area contributed by atoms with Crippen molar-refractivity contribution >= 4 is 0 Å². The van der Waals surface area contributed by atoms with Crippen LogP contribution in [0.2, 0.25) is 0 Å². The van der Waals surface area contributed by atoms with Gasteiger partial charge >= 0.3 is 0 Å². The number of pyridine rings is 1. The lowest BCUT2D eigenvalue weighted by Gasteiger charge is -2.18. The number of aliphatic hydroxyl groups is 1. The summed E-state index contributed by atoms with van der Waals surface area (Å²) in [5.41, 5.74) is 5.63. The Bertz CT molecular complexity index is 1100. The molecule has 0 unspecified atom stereocenters. The van der Waals surface area contributed by atoms with Crippen molar-refractivity contribution in [2.75, 3.05) is 0 Å². The smallest absolute Gasteiger partial charge is 0.102 e. The van der Waals surface area contributed by atoms with Crippen LogP contribution in [-0.4, -0.2) is 14.7 Å². The summed E-state index contributed by atoms with van der Waals surface area (Å²) in [7, 11) is 0. The van der Waals surface area contributed by atoms with Gasteiger partial charge in [-0.25, -0.2) is 0 Å². The van der Waals surface area contributed by atoms with E-state index in [1.807, 2.05) is 32.0 Å². The normalized spacial score (nSPS) is 11.1. The number of hydrogen-bond acceptors (Lipinski definition) is 4. The first-order chi connectivity index (χ1) is 13.3. The number of aromatic nitrogens is 2. The van der Waals surface area contributed by atoms with E-state index in [0.717, 1.165) is 33.6 Å². The Morgan fingerprint density at radius 3 is 2.29 bits per heavy atom. The highest BCUT2D eigenvalue weighted by Crippen LogP contribution is 2.33. The Morgan fingerprint density at radius 1 is 1.04 bits per heavy atom. The zero-order chi connectivity index (χ0) is 20.5. The molecule has 28 heavy (non-hydrogen) atoms. The highest BCUT2D eigenvalue weighted by molar-refractivity contribution is 5.75. The first kappa shape index (κ1) is 19.4. The summed E-state index contributed by atoms with van der Waals surface area (Å²) in [6, 6.07) is 13.7. The molecule has 0 saturated carbocycles. The third-order valence-electron chi connectivity index (χ3n) is 5.04. The number of benzene rings is 1. The minimum absolute atomic E-state index is 0.555. The average molecular weight is 370 g/mol. The molecule has 0 aliphatic heterocycles. The molecule has 2 heterocycles. The molecule has 0 amide bonds. The van der Waals surface area contributed by atoms with Gasteiger partial charge in [-0.1, -0.05) is 12.1 Å². The highest BCUT2D eigenvalue weighted by Gasteiger charge is 2.20. The Balaban J connectivity index is 2.08. The van der Waals surface area contributed by atoms with E-state index in [2.05, 4.69) is 21.7 Å². The van der Waals surface area contributed by atoms with Gasteiger partial charge in [-0.15, -0.1) is 0 Å². The third-order valence-corrected chi connectivity index (χ3v) is 5.04. The second-order valence-corrected chi connectivity index (χ2v) is 7.45. The molecule has 0 saturated heterocycles. The van der Waals surface area contributed by atoms with Crippen molar-refractivity contribution in [2.24, 2.45) is 0 Å². The maximum atomic E-state index is 10.3. The number of rotatable bonds is 4. The van der Waals surface area contributed by atoms with E-state index in [-0.39, 0.29) is 0 Å². The van der Waals surface area contributed by atoms with E-state index in [9.17, 15) is 10.4 Å². The summed E-state index contributed by atoms with van der Waals surface area (Å²) in [6.45, 7) is 7.95. The summed E-state index contributed by atoms with van der Waals surface area (Å²) in [4.78, 5) is 4.26. The Morgan fingerprint density at radius 2 is 1.71 bits per heavy atom. The molecule has 0 spiro atoms. The predicted molar refractivity (Wildman–Crippen MR) is 107 cm³/mol. The molecule has 3 rings (SSSR count). The van der Waals surface area contributed by atoms with Crippen LogP contribution >= 0.6 is 0 Å². The topological polar surface area (TPSA) is 85.6 Å². The molecule has 1 N–H and O–H groups in total. The van der Waals surface area contributed by atoms with Crippen molar-refractivity contribution in [1.82, 2.24) is 9.55 Å². The van der Waals surface area contributed by atoms with Crippen molar-refractivity contribution in [1.29, 1.82) is 10.5 Å². The van der Waals surface area contributed by atoms with Gasteiger partial charge < -0.3 is 9.67 Å². The summed E-state index contributed by atoms with van der Waals surface area (Å²) >= 11 is 0. The predicted octanol–water partition coefficient (Wildman–Crippen LogP) is 4.19. The van der Waals surface area contributed by atoms with Gasteiger partial charge in [-0.05, 0) is 57.0 Å². The fourth-order valence-corrected chi connectivity index (χ4v) is 3.41. The van der Waals surface area contributed by atoms with E-state index in [1.54, 1.807) is 38.4 Å². The molecule has 0 fully saturated rings.